The number of anilines is 1. The first kappa shape index (κ1) is 20.2. The largest absolute Gasteiger partial charge is 0.454 e. The number of rotatable bonds is 6. The Labute approximate surface area is 166 Å². The van der Waals surface area contributed by atoms with Gasteiger partial charge in [-0.2, -0.15) is 0 Å². The van der Waals surface area contributed by atoms with Gasteiger partial charge in [-0.3, -0.25) is 19.3 Å². The summed E-state index contributed by atoms with van der Waals surface area (Å²) in [6, 6.07) is 10.7. The molecule has 2 aromatic rings. The highest BCUT2D eigenvalue weighted by Crippen LogP contribution is 2.27. The fourth-order valence-electron chi connectivity index (χ4n) is 3.11. The van der Waals surface area contributed by atoms with Crippen molar-refractivity contribution in [1.29, 1.82) is 0 Å². The Bertz CT molecular complexity index is 954. The average molecular weight is 398 g/mol. The molecule has 1 aliphatic rings. The molecule has 0 bridgehead atoms. The van der Waals surface area contributed by atoms with E-state index in [0.717, 1.165) is 4.90 Å². The maximum Gasteiger partial charge on any atom is 0.330 e. The molecule has 29 heavy (non-hydrogen) atoms. The van der Waals surface area contributed by atoms with Crippen LogP contribution in [0, 0.1) is 11.7 Å². The lowest BCUT2D eigenvalue weighted by atomic mass is 10.0. The molecule has 8 heteroatoms. The molecule has 0 radical (unpaired) electrons. The van der Waals surface area contributed by atoms with Gasteiger partial charge >= 0.3 is 5.97 Å². The summed E-state index contributed by atoms with van der Waals surface area (Å²) in [6.07, 6.45) is 0. The Hall–Kier alpha value is -3.55. The Balaban J connectivity index is 1.69. The molecule has 3 amide bonds. The van der Waals surface area contributed by atoms with Crippen LogP contribution in [0.5, 0.6) is 0 Å². The molecular weight excluding hydrogens is 379 g/mol. The fraction of sp³-hybridized carbons (Fsp3) is 0.238. The summed E-state index contributed by atoms with van der Waals surface area (Å²) >= 11 is 0. The highest BCUT2D eigenvalue weighted by atomic mass is 19.1. The first-order chi connectivity index (χ1) is 13.8. The number of para-hydroxylation sites is 1. The third-order valence-corrected chi connectivity index (χ3v) is 4.47. The molecule has 0 aliphatic carbocycles. The van der Waals surface area contributed by atoms with E-state index in [2.05, 4.69) is 5.32 Å². The number of ether oxygens (including phenoxy) is 1. The van der Waals surface area contributed by atoms with Crippen molar-refractivity contribution < 1.29 is 28.3 Å². The number of benzene rings is 2. The lowest BCUT2D eigenvalue weighted by molar-refractivity contribution is -0.152. The van der Waals surface area contributed by atoms with Gasteiger partial charge in [0.25, 0.3) is 17.7 Å². The topological polar surface area (TPSA) is 92.8 Å². The van der Waals surface area contributed by atoms with Crippen LogP contribution in [0.1, 0.15) is 34.6 Å². The van der Waals surface area contributed by atoms with Gasteiger partial charge in [0.15, 0.2) is 6.61 Å². The van der Waals surface area contributed by atoms with Crippen molar-refractivity contribution in [3.05, 3.63) is 65.5 Å². The highest BCUT2D eigenvalue weighted by Gasteiger charge is 2.44. The third kappa shape index (κ3) is 4.01. The predicted molar refractivity (Wildman–Crippen MR) is 102 cm³/mol. The summed E-state index contributed by atoms with van der Waals surface area (Å²) in [5.41, 5.74) is 0.385. The zero-order valence-electron chi connectivity index (χ0n) is 15.8. The monoisotopic (exact) mass is 398 g/mol. The van der Waals surface area contributed by atoms with Crippen molar-refractivity contribution in [2.45, 2.75) is 19.9 Å². The maximum absolute atomic E-state index is 13.6. The minimum Gasteiger partial charge on any atom is -0.454 e. The van der Waals surface area contributed by atoms with Crippen molar-refractivity contribution in [2.75, 3.05) is 11.9 Å². The lowest BCUT2D eigenvalue weighted by Crippen LogP contribution is -2.49. The summed E-state index contributed by atoms with van der Waals surface area (Å²) in [5, 5.41) is 2.30. The van der Waals surface area contributed by atoms with E-state index in [-0.39, 0.29) is 16.8 Å². The van der Waals surface area contributed by atoms with Crippen LogP contribution in [0.15, 0.2) is 48.5 Å². The lowest BCUT2D eigenvalue weighted by Gasteiger charge is -2.27. The van der Waals surface area contributed by atoms with Crippen LogP contribution in [0.25, 0.3) is 0 Å². The van der Waals surface area contributed by atoms with Gasteiger partial charge in [0.1, 0.15) is 11.9 Å². The van der Waals surface area contributed by atoms with E-state index in [1.165, 1.54) is 30.3 Å². The Morgan fingerprint density at radius 2 is 1.55 bits per heavy atom. The quantitative estimate of drug-likeness (QED) is 0.597. The van der Waals surface area contributed by atoms with Gasteiger partial charge in [-0.05, 0) is 30.2 Å². The van der Waals surface area contributed by atoms with E-state index in [4.69, 9.17) is 4.74 Å². The van der Waals surface area contributed by atoms with Gasteiger partial charge in [0.05, 0.1) is 16.8 Å². The van der Waals surface area contributed by atoms with E-state index in [1.807, 2.05) is 0 Å². The maximum atomic E-state index is 13.6. The summed E-state index contributed by atoms with van der Waals surface area (Å²) in [6.45, 7) is 2.64. The second kappa shape index (κ2) is 8.22. The number of hydrogen-bond acceptors (Lipinski definition) is 5. The molecule has 1 atom stereocenters. The van der Waals surface area contributed by atoms with Crippen LogP contribution in [-0.4, -0.2) is 41.2 Å². The van der Waals surface area contributed by atoms with Gasteiger partial charge in [0.2, 0.25) is 0 Å². The Kier molecular flexibility index (Phi) is 5.72. The number of fused-ring (bicyclic) bond motifs is 1. The third-order valence-electron chi connectivity index (χ3n) is 4.47. The average Bonchev–Trinajstić information content (AvgIpc) is 2.94. The van der Waals surface area contributed by atoms with E-state index in [0.29, 0.717) is 0 Å². The summed E-state index contributed by atoms with van der Waals surface area (Å²) in [7, 11) is 0. The molecule has 0 spiro atoms. The zero-order chi connectivity index (χ0) is 21.1. The van der Waals surface area contributed by atoms with Gasteiger partial charge in [-0.1, -0.05) is 38.1 Å². The number of carbonyl (C=O) groups is 4. The van der Waals surface area contributed by atoms with E-state index in [1.54, 1.807) is 32.0 Å². The van der Waals surface area contributed by atoms with Crippen molar-refractivity contribution in [1.82, 2.24) is 4.90 Å². The zero-order valence-corrected chi connectivity index (χ0v) is 15.8. The van der Waals surface area contributed by atoms with Crippen molar-refractivity contribution >= 4 is 29.4 Å². The molecule has 2 aromatic carbocycles. The summed E-state index contributed by atoms with van der Waals surface area (Å²) in [5.74, 6) is -3.88. The van der Waals surface area contributed by atoms with E-state index >= 15 is 0 Å². The molecule has 7 nitrogen and oxygen atoms in total. The number of nitrogens with one attached hydrogen (secondary N) is 1. The van der Waals surface area contributed by atoms with E-state index < -0.39 is 48.1 Å². The first-order valence-electron chi connectivity index (χ1n) is 8.99. The SMILES string of the molecule is CC(C)[C@H](C(=O)OCC(=O)Nc1ccccc1F)N1C(=O)c2ccccc2C1=O. The van der Waals surface area contributed by atoms with Gasteiger partial charge in [-0.15, -0.1) is 0 Å². The van der Waals surface area contributed by atoms with Crippen LogP contribution in [0.3, 0.4) is 0 Å². The van der Waals surface area contributed by atoms with Crippen molar-refractivity contribution in [3.8, 4) is 0 Å². The Morgan fingerprint density at radius 3 is 2.10 bits per heavy atom. The predicted octanol–water partition coefficient (Wildman–Crippen LogP) is 2.63. The van der Waals surface area contributed by atoms with Crippen molar-refractivity contribution in [2.24, 2.45) is 5.92 Å². The van der Waals surface area contributed by atoms with E-state index in [9.17, 15) is 23.6 Å². The summed E-state index contributed by atoms with van der Waals surface area (Å²) in [4.78, 5) is 50.8. The molecule has 3 rings (SSSR count). The number of carbonyl (C=O) groups excluding carboxylic acids is 4. The first-order valence-corrected chi connectivity index (χ1v) is 8.99. The second-order valence-electron chi connectivity index (χ2n) is 6.85. The number of halogens is 1. The summed E-state index contributed by atoms with van der Waals surface area (Å²) < 4.78 is 18.6. The molecule has 0 saturated carbocycles. The molecule has 1 N–H and O–H groups in total. The highest BCUT2D eigenvalue weighted by molar-refractivity contribution is 6.22. The molecule has 150 valence electrons. The van der Waals surface area contributed by atoms with Crippen LogP contribution in [-0.2, 0) is 14.3 Å². The molecule has 1 aliphatic heterocycles. The number of esters is 1. The number of amides is 3. The van der Waals surface area contributed by atoms with Crippen LogP contribution < -0.4 is 5.32 Å². The minimum atomic E-state index is -1.19. The van der Waals surface area contributed by atoms with Gasteiger partial charge < -0.3 is 10.1 Å². The van der Waals surface area contributed by atoms with Crippen LogP contribution in [0.4, 0.5) is 10.1 Å². The second-order valence-corrected chi connectivity index (χ2v) is 6.85. The van der Waals surface area contributed by atoms with Gasteiger partial charge in [-0.25, -0.2) is 9.18 Å². The molecule has 0 saturated heterocycles. The standard InChI is InChI=1S/C21H19FN2O5/c1-12(2)18(24-19(26)13-7-3-4-8-14(13)20(24)27)21(28)29-11-17(25)23-16-10-6-5-9-15(16)22/h3-10,12,18H,11H2,1-2H3,(H,23,25)/t18-/m1/s1. The number of nitrogens with zero attached hydrogens (tertiary/aromatic N) is 1. The molecule has 0 unspecified atom stereocenters. The van der Waals surface area contributed by atoms with Crippen LogP contribution in [0.2, 0.25) is 0 Å². The molecular formula is C21H19FN2O5. The number of imide groups is 1. The smallest absolute Gasteiger partial charge is 0.330 e. The number of hydrogen-bond donors (Lipinski definition) is 1. The van der Waals surface area contributed by atoms with Crippen LogP contribution >= 0.6 is 0 Å². The Morgan fingerprint density at radius 1 is 1.00 bits per heavy atom. The molecule has 0 aromatic heterocycles. The fourth-order valence-corrected chi connectivity index (χ4v) is 3.11. The molecule has 0 fully saturated rings. The minimum absolute atomic E-state index is 0.0469. The normalized spacial score (nSPS) is 14.0. The molecule has 1 heterocycles. The van der Waals surface area contributed by atoms with Gasteiger partial charge in [0, 0.05) is 0 Å². The van der Waals surface area contributed by atoms with Crippen molar-refractivity contribution in [3.63, 3.8) is 0 Å².